The smallest absolute Gasteiger partial charge is 0.323 e. The van der Waals surface area contributed by atoms with Crippen LogP contribution in [0.4, 0.5) is 0 Å². The lowest BCUT2D eigenvalue weighted by molar-refractivity contribution is 0.220. The molecule has 21 heavy (non-hydrogen) atoms. The molecule has 0 saturated heterocycles. The van der Waals surface area contributed by atoms with E-state index < -0.39 is 6.10 Å². The molecule has 0 fully saturated rings. The van der Waals surface area contributed by atoms with Gasteiger partial charge in [-0.15, -0.1) is 0 Å². The van der Waals surface area contributed by atoms with Gasteiger partial charge in [-0.25, -0.2) is 4.79 Å². The van der Waals surface area contributed by atoms with Gasteiger partial charge in [0.05, 0.1) is 17.6 Å². The van der Waals surface area contributed by atoms with Gasteiger partial charge in [-0.1, -0.05) is 18.2 Å². The third kappa shape index (κ3) is 2.68. The molecule has 0 aliphatic heterocycles. The summed E-state index contributed by atoms with van der Waals surface area (Å²) in [6, 6.07) is 12.7. The predicted octanol–water partition coefficient (Wildman–Crippen LogP) is 2.34. The van der Waals surface area contributed by atoms with Crippen LogP contribution in [0, 0.1) is 0 Å². The number of aromatic amines is 2. The topological polar surface area (TPSA) is 78.1 Å². The monoisotopic (exact) mass is 284 g/mol. The normalized spacial score (nSPS) is 12.5. The quantitative estimate of drug-likeness (QED) is 0.688. The van der Waals surface area contributed by atoms with Crippen molar-refractivity contribution < 1.29 is 9.84 Å². The SMILES string of the molecule is CCOc1ccc(C(O)c2ccc3[nH]c(=O)[nH]c3c2)cc1. The van der Waals surface area contributed by atoms with Crippen LogP contribution in [-0.2, 0) is 0 Å². The van der Waals surface area contributed by atoms with E-state index in [1.54, 1.807) is 18.2 Å². The second-order valence-electron chi connectivity index (χ2n) is 4.79. The minimum Gasteiger partial charge on any atom is -0.494 e. The first-order valence-electron chi connectivity index (χ1n) is 6.80. The van der Waals surface area contributed by atoms with Crippen LogP contribution in [0.3, 0.4) is 0 Å². The van der Waals surface area contributed by atoms with E-state index in [9.17, 15) is 9.90 Å². The van der Waals surface area contributed by atoms with Crippen molar-refractivity contribution in [1.82, 2.24) is 9.97 Å². The lowest BCUT2D eigenvalue weighted by Gasteiger charge is -2.12. The number of rotatable bonds is 4. The summed E-state index contributed by atoms with van der Waals surface area (Å²) in [5, 5.41) is 10.4. The zero-order chi connectivity index (χ0) is 14.8. The molecule has 1 atom stereocenters. The number of ether oxygens (including phenoxy) is 1. The van der Waals surface area contributed by atoms with E-state index in [-0.39, 0.29) is 5.69 Å². The van der Waals surface area contributed by atoms with Crippen molar-refractivity contribution in [3.63, 3.8) is 0 Å². The molecule has 0 bridgehead atoms. The van der Waals surface area contributed by atoms with Crippen LogP contribution in [0.15, 0.2) is 47.3 Å². The Morgan fingerprint density at radius 2 is 1.71 bits per heavy atom. The Morgan fingerprint density at radius 1 is 1.05 bits per heavy atom. The molecule has 0 aliphatic carbocycles. The first-order chi connectivity index (χ1) is 10.2. The highest BCUT2D eigenvalue weighted by molar-refractivity contribution is 5.75. The lowest BCUT2D eigenvalue weighted by Crippen LogP contribution is -2.00. The van der Waals surface area contributed by atoms with Gasteiger partial charge in [0.25, 0.3) is 0 Å². The van der Waals surface area contributed by atoms with Crippen molar-refractivity contribution in [3.05, 3.63) is 64.1 Å². The number of aromatic nitrogens is 2. The fourth-order valence-electron chi connectivity index (χ4n) is 2.33. The molecule has 108 valence electrons. The molecule has 5 heteroatoms. The molecule has 3 N–H and O–H groups in total. The summed E-state index contributed by atoms with van der Waals surface area (Å²) in [6.07, 6.45) is -0.747. The maximum Gasteiger partial charge on any atom is 0.323 e. The Labute approximate surface area is 121 Å². The van der Waals surface area contributed by atoms with E-state index in [4.69, 9.17) is 4.74 Å². The van der Waals surface area contributed by atoms with Crippen LogP contribution in [-0.4, -0.2) is 21.7 Å². The Hall–Kier alpha value is -2.53. The summed E-state index contributed by atoms with van der Waals surface area (Å²) >= 11 is 0. The fourth-order valence-corrected chi connectivity index (χ4v) is 2.33. The van der Waals surface area contributed by atoms with Crippen LogP contribution in [0.5, 0.6) is 5.75 Å². The average Bonchev–Trinajstić information content (AvgIpc) is 2.86. The minimum absolute atomic E-state index is 0.252. The van der Waals surface area contributed by atoms with Crippen LogP contribution in [0.2, 0.25) is 0 Å². The Kier molecular flexibility index (Phi) is 3.50. The fraction of sp³-hybridized carbons (Fsp3) is 0.188. The predicted molar refractivity (Wildman–Crippen MR) is 80.6 cm³/mol. The Morgan fingerprint density at radius 3 is 2.43 bits per heavy atom. The van der Waals surface area contributed by atoms with Gasteiger partial charge >= 0.3 is 5.69 Å². The largest absolute Gasteiger partial charge is 0.494 e. The molecule has 1 unspecified atom stereocenters. The van der Waals surface area contributed by atoms with Crippen molar-refractivity contribution in [3.8, 4) is 5.75 Å². The van der Waals surface area contributed by atoms with Crippen molar-refractivity contribution in [2.45, 2.75) is 13.0 Å². The molecular formula is C16H16N2O3. The van der Waals surface area contributed by atoms with Gasteiger partial charge in [-0.3, -0.25) is 0 Å². The minimum atomic E-state index is -0.747. The number of H-pyrrole nitrogens is 2. The highest BCUT2D eigenvalue weighted by atomic mass is 16.5. The molecule has 0 amide bonds. The average molecular weight is 284 g/mol. The number of nitrogens with one attached hydrogen (secondary N) is 2. The molecule has 5 nitrogen and oxygen atoms in total. The van der Waals surface area contributed by atoms with E-state index in [0.717, 1.165) is 22.4 Å². The number of hydrogen-bond acceptors (Lipinski definition) is 3. The highest BCUT2D eigenvalue weighted by Gasteiger charge is 2.12. The maximum atomic E-state index is 11.3. The van der Waals surface area contributed by atoms with E-state index in [0.29, 0.717) is 12.1 Å². The van der Waals surface area contributed by atoms with E-state index in [1.165, 1.54) is 0 Å². The summed E-state index contributed by atoms with van der Waals surface area (Å²) < 4.78 is 5.38. The summed E-state index contributed by atoms with van der Waals surface area (Å²) in [7, 11) is 0. The lowest BCUT2D eigenvalue weighted by atomic mass is 10.0. The summed E-state index contributed by atoms with van der Waals surface area (Å²) in [5.74, 6) is 0.777. The Bertz CT molecular complexity index is 802. The molecule has 3 rings (SSSR count). The maximum absolute atomic E-state index is 11.3. The number of fused-ring (bicyclic) bond motifs is 1. The van der Waals surface area contributed by atoms with Crippen molar-refractivity contribution in [2.24, 2.45) is 0 Å². The van der Waals surface area contributed by atoms with Gasteiger partial charge in [0.2, 0.25) is 0 Å². The number of aliphatic hydroxyl groups is 1. The molecule has 1 heterocycles. The van der Waals surface area contributed by atoms with Crippen molar-refractivity contribution in [1.29, 1.82) is 0 Å². The van der Waals surface area contributed by atoms with E-state index in [2.05, 4.69) is 9.97 Å². The number of benzene rings is 2. The molecular weight excluding hydrogens is 268 g/mol. The van der Waals surface area contributed by atoms with Gasteiger partial charge in [0.15, 0.2) is 0 Å². The first-order valence-corrected chi connectivity index (χ1v) is 6.80. The van der Waals surface area contributed by atoms with Crippen LogP contribution >= 0.6 is 0 Å². The summed E-state index contributed by atoms with van der Waals surface area (Å²) in [5.41, 5.74) is 2.65. The van der Waals surface area contributed by atoms with Gasteiger partial charge in [0, 0.05) is 0 Å². The summed E-state index contributed by atoms with van der Waals surface area (Å²) in [6.45, 7) is 2.54. The van der Waals surface area contributed by atoms with E-state index >= 15 is 0 Å². The molecule has 3 aromatic rings. The van der Waals surface area contributed by atoms with Gasteiger partial charge in [-0.05, 0) is 42.3 Å². The van der Waals surface area contributed by atoms with E-state index in [1.807, 2.05) is 31.2 Å². The molecule has 0 saturated carbocycles. The highest BCUT2D eigenvalue weighted by Crippen LogP contribution is 2.25. The second kappa shape index (κ2) is 5.46. The molecule has 0 radical (unpaired) electrons. The second-order valence-corrected chi connectivity index (χ2v) is 4.79. The molecule has 1 aromatic heterocycles. The summed E-state index contributed by atoms with van der Waals surface area (Å²) in [4.78, 5) is 16.6. The van der Waals surface area contributed by atoms with Crippen LogP contribution < -0.4 is 10.4 Å². The molecule has 0 aliphatic rings. The van der Waals surface area contributed by atoms with Gasteiger partial charge < -0.3 is 19.8 Å². The van der Waals surface area contributed by atoms with Crippen molar-refractivity contribution >= 4 is 11.0 Å². The third-order valence-electron chi connectivity index (χ3n) is 3.36. The Balaban J connectivity index is 1.91. The standard InChI is InChI=1S/C16H16N2O3/c1-2-21-12-6-3-10(4-7-12)15(19)11-5-8-13-14(9-11)18-16(20)17-13/h3-9,15,19H,2H2,1H3,(H2,17,18,20). The third-order valence-corrected chi connectivity index (χ3v) is 3.36. The number of aliphatic hydroxyl groups excluding tert-OH is 1. The van der Waals surface area contributed by atoms with Crippen LogP contribution in [0.1, 0.15) is 24.2 Å². The van der Waals surface area contributed by atoms with Crippen molar-refractivity contribution in [2.75, 3.05) is 6.61 Å². The zero-order valence-electron chi connectivity index (χ0n) is 11.6. The molecule has 2 aromatic carbocycles. The van der Waals surface area contributed by atoms with Crippen LogP contribution in [0.25, 0.3) is 11.0 Å². The number of imidazole rings is 1. The molecule has 0 spiro atoms. The zero-order valence-corrected chi connectivity index (χ0v) is 11.6. The number of hydrogen-bond donors (Lipinski definition) is 3. The van der Waals surface area contributed by atoms with Gasteiger partial charge in [-0.2, -0.15) is 0 Å². The first kappa shape index (κ1) is 13.5. The van der Waals surface area contributed by atoms with Gasteiger partial charge in [0.1, 0.15) is 11.9 Å².